The molecule has 2 unspecified atom stereocenters. The SMILES string of the molecule is CCC(C)N1C(=O)CC(SC[C@H](N)C(=O)O)C1=O. The van der Waals surface area contributed by atoms with Gasteiger partial charge in [-0.05, 0) is 13.3 Å². The number of imide groups is 1. The number of thioether (sulfide) groups is 1. The van der Waals surface area contributed by atoms with Gasteiger partial charge in [0.25, 0.3) is 0 Å². The van der Waals surface area contributed by atoms with Crippen molar-refractivity contribution >= 4 is 29.5 Å². The number of nitrogens with zero attached hydrogens (tertiary/aromatic N) is 1. The van der Waals surface area contributed by atoms with Gasteiger partial charge in [-0.3, -0.25) is 19.3 Å². The second-order valence-electron chi connectivity index (χ2n) is 4.33. The van der Waals surface area contributed by atoms with Crippen LogP contribution in [-0.4, -0.2) is 50.9 Å². The Bertz CT molecular complexity index is 361. The van der Waals surface area contributed by atoms with Gasteiger partial charge in [-0.25, -0.2) is 0 Å². The molecule has 3 atom stereocenters. The van der Waals surface area contributed by atoms with E-state index in [2.05, 4.69) is 0 Å². The fraction of sp³-hybridized carbons (Fsp3) is 0.727. The summed E-state index contributed by atoms with van der Waals surface area (Å²) in [4.78, 5) is 35.6. The number of nitrogens with two attached hydrogens (primary N) is 1. The molecule has 6 nitrogen and oxygen atoms in total. The maximum atomic E-state index is 12.0. The number of rotatable bonds is 6. The zero-order valence-corrected chi connectivity index (χ0v) is 11.3. The van der Waals surface area contributed by atoms with Gasteiger partial charge in [-0.1, -0.05) is 6.92 Å². The Morgan fingerprint density at radius 3 is 2.72 bits per heavy atom. The zero-order valence-electron chi connectivity index (χ0n) is 10.5. The van der Waals surface area contributed by atoms with Gasteiger partial charge in [0.1, 0.15) is 6.04 Å². The van der Waals surface area contributed by atoms with Crippen LogP contribution in [0, 0.1) is 0 Å². The minimum atomic E-state index is -1.10. The predicted octanol–water partition coefficient (Wildman–Crippen LogP) is 0.0575. The van der Waals surface area contributed by atoms with E-state index >= 15 is 0 Å². The van der Waals surface area contributed by atoms with Gasteiger partial charge in [-0.2, -0.15) is 0 Å². The number of aliphatic carboxylic acids is 1. The minimum Gasteiger partial charge on any atom is -0.480 e. The van der Waals surface area contributed by atoms with Crippen LogP contribution in [0.1, 0.15) is 26.7 Å². The Balaban J connectivity index is 2.58. The zero-order chi connectivity index (χ0) is 13.9. The number of hydrogen-bond donors (Lipinski definition) is 2. The lowest BCUT2D eigenvalue weighted by Gasteiger charge is -2.21. The highest BCUT2D eigenvalue weighted by molar-refractivity contribution is 8.00. The molecule has 1 fully saturated rings. The van der Waals surface area contributed by atoms with Crippen molar-refractivity contribution < 1.29 is 19.5 Å². The van der Waals surface area contributed by atoms with E-state index < -0.39 is 17.3 Å². The number of carbonyl (C=O) groups is 3. The van der Waals surface area contributed by atoms with Crippen molar-refractivity contribution in [3.05, 3.63) is 0 Å². The summed E-state index contributed by atoms with van der Waals surface area (Å²) < 4.78 is 0. The molecule has 1 aliphatic heterocycles. The number of amides is 2. The molecule has 0 aromatic carbocycles. The van der Waals surface area contributed by atoms with Crippen LogP contribution >= 0.6 is 11.8 Å². The molecular weight excluding hydrogens is 256 g/mol. The first-order valence-electron chi connectivity index (χ1n) is 5.84. The lowest BCUT2D eigenvalue weighted by Crippen LogP contribution is -2.39. The fourth-order valence-corrected chi connectivity index (χ4v) is 2.79. The van der Waals surface area contributed by atoms with Crippen LogP contribution in [0.4, 0.5) is 0 Å². The molecule has 2 amide bonds. The van der Waals surface area contributed by atoms with Crippen LogP contribution in [0.5, 0.6) is 0 Å². The molecule has 0 bridgehead atoms. The van der Waals surface area contributed by atoms with Gasteiger partial charge in [-0.15, -0.1) is 11.8 Å². The third-order valence-electron chi connectivity index (χ3n) is 2.97. The van der Waals surface area contributed by atoms with Crippen LogP contribution in [-0.2, 0) is 14.4 Å². The summed E-state index contributed by atoms with van der Waals surface area (Å²) in [5, 5.41) is 8.16. The van der Waals surface area contributed by atoms with E-state index in [1.807, 2.05) is 13.8 Å². The topological polar surface area (TPSA) is 101 Å². The molecule has 3 N–H and O–H groups in total. The van der Waals surface area contributed by atoms with Gasteiger partial charge in [0.15, 0.2) is 0 Å². The highest BCUT2D eigenvalue weighted by Gasteiger charge is 2.41. The summed E-state index contributed by atoms with van der Waals surface area (Å²) in [7, 11) is 0. The van der Waals surface area contributed by atoms with Crippen LogP contribution in [0.2, 0.25) is 0 Å². The Labute approximate surface area is 110 Å². The molecule has 1 saturated heterocycles. The van der Waals surface area contributed by atoms with E-state index in [4.69, 9.17) is 10.8 Å². The van der Waals surface area contributed by atoms with Crippen molar-refractivity contribution in [3.63, 3.8) is 0 Å². The smallest absolute Gasteiger partial charge is 0.321 e. The van der Waals surface area contributed by atoms with Crippen LogP contribution in [0.15, 0.2) is 0 Å². The highest BCUT2D eigenvalue weighted by Crippen LogP contribution is 2.27. The largest absolute Gasteiger partial charge is 0.480 e. The quantitative estimate of drug-likeness (QED) is 0.664. The fourth-order valence-electron chi connectivity index (χ4n) is 1.69. The number of carbonyl (C=O) groups excluding carboxylic acids is 2. The maximum Gasteiger partial charge on any atom is 0.321 e. The van der Waals surface area contributed by atoms with E-state index in [1.54, 1.807) is 0 Å². The summed E-state index contributed by atoms with van der Waals surface area (Å²) >= 11 is 1.15. The number of carboxylic acid groups (broad SMARTS) is 1. The molecule has 102 valence electrons. The summed E-state index contributed by atoms with van der Waals surface area (Å²) in [6.07, 6.45) is 0.851. The molecule has 0 aromatic heterocycles. The van der Waals surface area contributed by atoms with E-state index in [-0.39, 0.29) is 30.0 Å². The Morgan fingerprint density at radius 2 is 2.22 bits per heavy atom. The molecule has 0 radical (unpaired) electrons. The predicted molar refractivity (Wildman–Crippen MR) is 68.1 cm³/mol. The van der Waals surface area contributed by atoms with Crippen molar-refractivity contribution in [2.45, 2.75) is 44.0 Å². The maximum absolute atomic E-state index is 12.0. The number of carboxylic acids is 1. The van der Waals surface area contributed by atoms with Crippen molar-refractivity contribution in [2.24, 2.45) is 5.73 Å². The Kier molecular flexibility index (Phi) is 5.15. The third kappa shape index (κ3) is 3.23. The molecular formula is C11H18N2O4S. The summed E-state index contributed by atoms with van der Waals surface area (Å²) in [5.41, 5.74) is 5.37. The van der Waals surface area contributed by atoms with Gasteiger partial charge in [0.2, 0.25) is 11.8 Å². The van der Waals surface area contributed by atoms with E-state index in [1.165, 1.54) is 4.90 Å². The molecule has 0 saturated carbocycles. The highest BCUT2D eigenvalue weighted by atomic mass is 32.2. The second kappa shape index (κ2) is 6.19. The molecule has 1 rings (SSSR count). The first-order valence-corrected chi connectivity index (χ1v) is 6.89. The molecule has 18 heavy (non-hydrogen) atoms. The van der Waals surface area contributed by atoms with Gasteiger partial charge in [0.05, 0.1) is 5.25 Å². The van der Waals surface area contributed by atoms with Crippen molar-refractivity contribution in [1.82, 2.24) is 4.90 Å². The third-order valence-corrected chi connectivity index (χ3v) is 4.29. The average Bonchev–Trinajstić information content (AvgIpc) is 2.60. The van der Waals surface area contributed by atoms with Gasteiger partial charge >= 0.3 is 5.97 Å². The first kappa shape index (κ1) is 15.0. The van der Waals surface area contributed by atoms with E-state index in [0.717, 1.165) is 11.8 Å². The van der Waals surface area contributed by atoms with Crippen molar-refractivity contribution in [3.8, 4) is 0 Å². The number of likely N-dealkylation sites (tertiary alicyclic amines) is 1. The Morgan fingerprint density at radius 1 is 1.61 bits per heavy atom. The lowest BCUT2D eigenvalue weighted by atomic mass is 10.2. The molecule has 1 heterocycles. The van der Waals surface area contributed by atoms with Crippen LogP contribution in [0.25, 0.3) is 0 Å². The van der Waals surface area contributed by atoms with E-state index in [0.29, 0.717) is 6.42 Å². The summed E-state index contributed by atoms with van der Waals surface area (Å²) in [6, 6.07) is -1.11. The van der Waals surface area contributed by atoms with Crippen LogP contribution in [0.3, 0.4) is 0 Å². The van der Waals surface area contributed by atoms with Gasteiger partial charge in [0, 0.05) is 18.2 Å². The van der Waals surface area contributed by atoms with Gasteiger partial charge < -0.3 is 10.8 Å². The van der Waals surface area contributed by atoms with Crippen molar-refractivity contribution in [1.29, 1.82) is 0 Å². The summed E-state index contributed by atoms with van der Waals surface area (Å²) in [5.74, 6) is -1.38. The monoisotopic (exact) mass is 274 g/mol. The first-order chi connectivity index (χ1) is 8.38. The molecule has 0 spiro atoms. The summed E-state index contributed by atoms with van der Waals surface area (Å²) in [6.45, 7) is 3.73. The molecule has 7 heteroatoms. The standard InChI is InChI=1S/C11H18N2O4S/c1-3-6(2)13-9(14)4-8(10(13)15)18-5-7(12)11(16)17/h6-8H,3-5,12H2,1-2H3,(H,16,17)/t6?,7-,8?/m0/s1. The normalized spacial score (nSPS) is 23.3. The molecule has 0 aliphatic carbocycles. The van der Waals surface area contributed by atoms with Crippen LogP contribution < -0.4 is 5.73 Å². The molecule has 0 aromatic rings. The minimum absolute atomic E-state index is 0.108. The average molecular weight is 274 g/mol. The Hall–Kier alpha value is -1.08. The number of hydrogen-bond acceptors (Lipinski definition) is 5. The second-order valence-corrected chi connectivity index (χ2v) is 5.57. The lowest BCUT2D eigenvalue weighted by molar-refractivity contribution is -0.141. The molecule has 1 aliphatic rings. The van der Waals surface area contributed by atoms with E-state index in [9.17, 15) is 14.4 Å². The van der Waals surface area contributed by atoms with Crippen molar-refractivity contribution in [2.75, 3.05) is 5.75 Å².